The van der Waals surface area contributed by atoms with Crippen LogP contribution in [-0.4, -0.2) is 25.2 Å². The number of hydrogen-bond donors (Lipinski definition) is 2. The Balaban J connectivity index is 1.88. The first-order valence-corrected chi connectivity index (χ1v) is 6.97. The average Bonchev–Trinajstić information content (AvgIpc) is 2.52. The monoisotopic (exact) mass is 272 g/mol. The second-order valence-corrected chi connectivity index (χ2v) is 4.78. The maximum absolute atomic E-state index is 11.9. The van der Waals surface area contributed by atoms with E-state index in [1.54, 1.807) is 0 Å². The Labute approximate surface area is 119 Å². The Morgan fingerprint density at radius 3 is 3.10 bits per heavy atom. The largest absolute Gasteiger partial charge is 0.368 e. The van der Waals surface area contributed by atoms with Crippen LogP contribution < -0.4 is 11.1 Å². The lowest BCUT2D eigenvalue weighted by Crippen LogP contribution is -2.37. The van der Waals surface area contributed by atoms with E-state index < -0.39 is 0 Å². The molecule has 0 spiro atoms. The Kier molecular flexibility index (Phi) is 5.60. The number of nitrogens with two attached hydrogens (primary N) is 1. The van der Waals surface area contributed by atoms with Crippen LogP contribution >= 0.6 is 0 Å². The highest BCUT2D eigenvalue weighted by atomic mass is 16.5. The van der Waals surface area contributed by atoms with Gasteiger partial charge in [0.1, 0.15) is 6.10 Å². The minimum atomic E-state index is -0.288. The molecule has 1 amide bonds. The highest BCUT2D eigenvalue weighted by Crippen LogP contribution is 2.13. The van der Waals surface area contributed by atoms with Crippen molar-refractivity contribution >= 4 is 5.91 Å². The van der Waals surface area contributed by atoms with Gasteiger partial charge < -0.3 is 15.8 Å². The maximum atomic E-state index is 11.9. The molecule has 1 heterocycles. The van der Waals surface area contributed by atoms with E-state index >= 15 is 0 Å². The summed E-state index contributed by atoms with van der Waals surface area (Å²) in [6.45, 7) is 1.53. The van der Waals surface area contributed by atoms with Crippen LogP contribution in [0, 0.1) is 11.8 Å². The maximum Gasteiger partial charge on any atom is 0.249 e. The number of amides is 1. The topological polar surface area (TPSA) is 64.3 Å². The van der Waals surface area contributed by atoms with Crippen LogP contribution in [0.1, 0.15) is 30.4 Å². The van der Waals surface area contributed by atoms with Crippen molar-refractivity contribution in [3.05, 3.63) is 35.4 Å². The summed E-state index contributed by atoms with van der Waals surface area (Å²) in [5, 5.41) is 2.92. The summed E-state index contributed by atoms with van der Waals surface area (Å²) in [6, 6.07) is 7.79. The van der Waals surface area contributed by atoms with E-state index in [0.717, 1.165) is 30.4 Å². The normalized spacial score (nSPS) is 17.9. The highest BCUT2D eigenvalue weighted by Gasteiger charge is 2.21. The molecule has 1 aromatic carbocycles. The molecule has 1 atom stereocenters. The van der Waals surface area contributed by atoms with E-state index in [1.807, 2.05) is 24.3 Å². The summed E-state index contributed by atoms with van der Waals surface area (Å²) in [5.41, 5.74) is 7.29. The molecule has 0 radical (unpaired) electrons. The molecule has 1 aliphatic heterocycles. The number of benzene rings is 1. The lowest BCUT2D eigenvalue weighted by atomic mass is 10.1. The molecule has 4 heteroatoms. The van der Waals surface area contributed by atoms with E-state index in [1.165, 1.54) is 0 Å². The van der Waals surface area contributed by atoms with Gasteiger partial charge in [-0.25, -0.2) is 0 Å². The van der Waals surface area contributed by atoms with Gasteiger partial charge in [0.2, 0.25) is 5.91 Å². The lowest BCUT2D eigenvalue weighted by Gasteiger charge is -2.21. The number of ether oxygens (including phenoxy) is 1. The molecular formula is C16H20N2O2. The van der Waals surface area contributed by atoms with Crippen molar-refractivity contribution in [1.29, 1.82) is 0 Å². The molecule has 3 N–H and O–H groups in total. The van der Waals surface area contributed by atoms with E-state index in [2.05, 4.69) is 17.2 Å². The van der Waals surface area contributed by atoms with Crippen LogP contribution in [0.4, 0.5) is 0 Å². The fourth-order valence-corrected chi connectivity index (χ4v) is 2.16. The van der Waals surface area contributed by atoms with Crippen LogP contribution in [-0.2, 0) is 16.1 Å². The highest BCUT2D eigenvalue weighted by molar-refractivity contribution is 5.80. The molecular weight excluding hydrogens is 252 g/mol. The van der Waals surface area contributed by atoms with Crippen molar-refractivity contribution in [1.82, 2.24) is 5.32 Å². The summed E-state index contributed by atoms with van der Waals surface area (Å²) in [6.07, 6.45) is 2.63. The molecule has 1 aliphatic rings. The quantitative estimate of drug-likeness (QED) is 0.812. The number of nitrogens with one attached hydrogen (secondary N) is 1. The van der Waals surface area contributed by atoms with Gasteiger partial charge in [0.15, 0.2) is 0 Å². The van der Waals surface area contributed by atoms with Gasteiger partial charge in [-0.1, -0.05) is 24.0 Å². The summed E-state index contributed by atoms with van der Waals surface area (Å²) < 4.78 is 5.46. The van der Waals surface area contributed by atoms with Crippen LogP contribution in [0.15, 0.2) is 24.3 Å². The predicted molar refractivity (Wildman–Crippen MR) is 77.8 cm³/mol. The summed E-state index contributed by atoms with van der Waals surface area (Å²) in [4.78, 5) is 11.9. The lowest BCUT2D eigenvalue weighted by molar-refractivity contribution is -0.135. The van der Waals surface area contributed by atoms with Gasteiger partial charge in [-0.15, -0.1) is 0 Å². The minimum Gasteiger partial charge on any atom is -0.368 e. The van der Waals surface area contributed by atoms with Crippen molar-refractivity contribution in [2.24, 2.45) is 5.73 Å². The number of carbonyl (C=O) groups excluding carboxylic acids is 1. The molecule has 4 nitrogen and oxygen atoms in total. The van der Waals surface area contributed by atoms with Crippen molar-refractivity contribution in [2.45, 2.75) is 31.9 Å². The molecule has 0 bridgehead atoms. The van der Waals surface area contributed by atoms with Gasteiger partial charge in [0.25, 0.3) is 0 Å². The summed E-state index contributed by atoms with van der Waals surface area (Å²) in [5.74, 6) is 5.78. The number of rotatable bonds is 3. The first-order chi connectivity index (χ1) is 9.79. The van der Waals surface area contributed by atoms with Crippen LogP contribution in [0.2, 0.25) is 0 Å². The van der Waals surface area contributed by atoms with Crippen molar-refractivity contribution in [2.75, 3.05) is 13.2 Å². The zero-order chi connectivity index (χ0) is 14.2. The Morgan fingerprint density at radius 1 is 1.45 bits per heavy atom. The van der Waals surface area contributed by atoms with Gasteiger partial charge in [-0.2, -0.15) is 0 Å². The second-order valence-electron chi connectivity index (χ2n) is 4.78. The summed E-state index contributed by atoms with van der Waals surface area (Å²) in [7, 11) is 0. The Hall–Kier alpha value is -1.83. The molecule has 1 saturated heterocycles. The first-order valence-electron chi connectivity index (χ1n) is 6.97. The predicted octanol–water partition coefficient (Wildman–Crippen LogP) is 1.18. The van der Waals surface area contributed by atoms with Crippen molar-refractivity contribution < 1.29 is 9.53 Å². The van der Waals surface area contributed by atoms with Gasteiger partial charge >= 0.3 is 0 Å². The second kappa shape index (κ2) is 7.68. The van der Waals surface area contributed by atoms with Crippen LogP contribution in [0.3, 0.4) is 0 Å². The van der Waals surface area contributed by atoms with Gasteiger partial charge in [0, 0.05) is 18.7 Å². The molecule has 2 rings (SSSR count). The minimum absolute atomic E-state index is 0.0249. The SMILES string of the molecule is NCC#Cc1cccc(CNC(=O)C2CCCCO2)c1. The van der Waals surface area contributed by atoms with Crippen LogP contribution in [0.5, 0.6) is 0 Å². The zero-order valence-corrected chi connectivity index (χ0v) is 11.5. The van der Waals surface area contributed by atoms with E-state index in [-0.39, 0.29) is 12.0 Å². The Morgan fingerprint density at radius 2 is 2.35 bits per heavy atom. The van der Waals surface area contributed by atoms with Gasteiger partial charge in [-0.3, -0.25) is 4.79 Å². The standard InChI is InChI=1S/C16H20N2O2/c17-9-4-7-13-5-3-6-14(11-13)12-18-16(19)15-8-1-2-10-20-15/h3,5-6,11,15H,1-2,8-10,12,17H2,(H,18,19). The number of carbonyl (C=O) groups is 1. The zero-order valence-electron chi connectivity index (χ0n) is 11.5. The molecule has 1 unspecified atom stereocenters. The third-order valence-electron chi connectivity index (χ3n) is 3.20. The van der Waals surface area contributed by atoms with Crippen LogP contribution in [0.25, 0.3) is 0 Å². The molecule has 1 fully saturated rings. The average molecular weight is 272 g/mol. The van der Waals surface area contributed by atoms with E-state index in [4.69, 9.17) is 10.5 Å². The molecule has 0 aromatic heterocycles. The molecule has 1 aromatic rings. The van der Waals surface area contributed by atoms with Gasteiger partial charge in [0.05, 0.1) is 6.54 Å². The third-order valence-corrected chi connectivity index (χ3v) is 3.20. The molecule has 106 valence electrons. The summed E-state index contributed by atoms with van der Waals surface area (Å²) >= 11 is 0. The fraction of sp³-hybridized carbons (Fsp3) is 0.438. The number of hydrogen-bond acceptors (Lipinski definition) is 3. The molecule has 0 aliphatic carbocycles. The Bertz CT molecular complexity index is 511. The van der Waals surface area contributed by atoms with E-state index in [9.17, 15) is 4.79 Å². The first kappa shape index (κ1) is 14.6. The van der Waals surface area contributed by atoms with Gasteiger partial charge in [-0.05, 0) is 37.0 Å². The molecule has 20 heavy (non-hydrogen) atoms. The van der Waals surface area contributed by atoms with E-state index in [0.29, 0.717) is 19.7 Å². The third kappa shape index (κ3) is 4.37. The van der Waals surface area contributed by atoms with Crippen molar-refractivity contribution in [3.63, 3.8) is 0 Å². The smallest absolute Gasteiger partial charge is 0.249 e. The fourth-order valence-electron chi connectivity index (χ4n) is 2.16. The molecule has 0 saturated carbocycles. The van der Waals surface area contributed by atoms with Crippen molar-refractivity contribution in [3.8, 4) is 11.8 Å².